The zero-order valence-corrected chi connectivity index (χ0v) is 15.4. The van der Waals surface area contributed by atoms with Crippen LogP contribution in [0, 0.1) is 0 Å². The molecule has 0 atom stereocenters. The molecule has 0 aliphatic carbocycles. The van der Waals surface area contributed by atoms with Gasteiger partial charge in [0.05, 0.1) is 19.4 Å². The molecule has 0 aromatic heterocycles. The summed E-state index contributed by atoms with van der Waals surface area (Å²) in [6, 6.07) is 11.3. The van der Waals surface area contributed by atoms with Gasteiger partial charge in [-0.2, -0.15) is 8.78 Å². The zero-order chi connectivity index (χ0) is 18.9. The smallest absolute Gasteiger partial charge is 0.288 e. The molecule has 1 N–H and O–H groups in total. The maximum atomic E-state index is 12.7. The molecule has 0 radical (unpaired) electrons. The van der Waals surface area contributed by atoms with Gasteiger partial charge >= 0.3 is 0 Å². The summed E-state index contributed by atoms with van der Waals surface area (Å²) < 4.78 is 36.2. The summed E-state index contributed by atoms with van der Waals surface area (Å²) in [5, 5.41) is 2.67. The predicted octanol–water partition coefficient (Wildman–Crippen LogP) is 5.44. The van der Waals surface area contributed by atoms with Crippen LogP contribution in [-0.2, 0) is 0 Å². The number of thioether (sulfide) groups is 1. The Hall–Kier alpha value is -2.28. The molecule has 2 aromatic carbocycles. The molecule has 2 rings (SSSR count). The number of hydrogen-bond donors (Lipinski definition) is 1. The number of para-hydroxylation sites is 1. The summed E-state index contributed by atoms with van der Waals surface area (Å²) in [4.78, 5) is 12.8. The molecule has 0 fully saturated rings. The minimum Gasteiger partial charge on any atom is -0.493 e. The molecule has 7 heteroatoms. The van der Waals surface area contributed by atoms with Crippen LogP contribution in [0.1, 0.15) is 30.1 Å². The third-order valence-electron chi connectivity index (χ3n) is 3.53. The molecule has 0 aliphatic heterocycles. The standard InChI is InChI=1S/C19H21F2NO3S/c1-3-4-11-25-15-10-9-13(12-16(15)24-2)18(23)22-14-7-5-6-8-17(14)26-19(20)21/h5-10,12,19H,3-4,11H2,1-2H3,(H,22,23). The fourth-order valence-corrected chi connectivity index (χ4v) is 2.81. The molecule has 1 amide bonds. The van der Waals surface area contributed by atoms with Crippen LogP contribution < -0.4 is 14.8 Å². The van der Waals surface area contributed by atoms with Crippen molar-refractivity contribution in [2.45, 2.75) is 30.4 Å². The van der Waals surface area contributed by atoms with Gasteiger partial charge in [-0.15, -0.1) is 0 Å². The molecule has 4 nitrogen and oxygen atoms in total. The number of halogens is 2. The third kappa shape index (κ3) is 5.62. The Bertz CT molecular complexity index is 740. The number of hydrogen-bond acceptors (Lipinski definition) is 4. The number of rotatable bonds is 9. The highest BCUT2D eigenvalue weighted by Gasteiger charge is 2.15. The molecule has 0 saturated heterocycles. The molecule has 140 valence electrons. The summed E-state index contributed by atoms with van der Waals surface area (Å²) >= 11 is 0.391. The first-order valence-electron chi connectivity index (χ1n) is 8.21. The number of unbranched alkanes of at least 4 members (excludes halogenated alkanes) is 1. The zero-order valence-electron chi connectivity index (χ0n) is 14.6. The number of ether oxygens (including phenoxy) is 2. The molecule has 0 unspecified atom stereocenters. The van der Waals surface area contributed by atoms with Crippen molar-refractivity contribution >= 4 is 23.4 Å². The van der Waals surface area contributed by atoms with Gasteiger partial charge in [0.1, 0.15) is 0 Å². The van der Waals surface area contributed by atoms with E-state index in [9.17, 15) is 13.6 Å². The molecule has 0 heterocycles. The fourth-order valence-electron chi connectivity index (χ4n) is 2.22. The van der Waals surface area contributed by atoms with Crippen LogP contribution in [0.25, 0.3) is 0 Å². The topological polar surface area (TPSA) is 47.6 Å². The van der Waals surface area contributed by atoms with E-state index in [-0.39, 0.29) is 0 Å². The Kier molecular flexibility index (Phi) is 7.72. The van der Waals surface area contributed by atoms with E-state index in [1.54, 1.807) is 36.4 Å². The van der Waals surface area contributed by atoms with E-state index in [1.807, 2.05) is 0 Å². The minimum atomic E-state index is -2.56. The van der Waals surface area contributed by atoms with Crippen molar-refractivity contribution in [1.29, 1.82) is 0 Å². The average molecular weight is 381 g/mol. The van der Waals surface area contributed by atoms with Crippen LogP contribution in [-0.4, -0.2) is 25.4 Å². The molecule has 0 spiro atoms. The highest BCUT2D eigenvalue weighted by atomic mass is 32.2. The maximum Gasteiger partial charge on any atom is 0.288 e. The molecule has 0 saturated carbocycles. The van der Waals surface area contributed by atoms with Gasteiger partial charge in [-0.05, 0) is 36.8 Å². The number of benzene rings is 2. The van der Waals surface area contributed by atoms with Gasteiger partial charge in [0.25, 0.3) is 11.7 Å². The Morgan fingerprint density at radius 1 is 1.19 bits per heavy atom. The first-order chi connectivity index (χ1) is 12.5. The summed E-state index contributed by atoms with van der Waals surface area (Å²) in [6.45, 7) is 2.63. The summed E-state index contributed by atoms with van der Waals surface area (Å²) in [5.74, 6) is -1.96. The van der Waals surface area contributed by atoms with Gasteiger partial charge in [0, 0.05) is 10.5 Å². The van der Waals surface area contributed by atoms with Crippen molar-refractivity contribution in [3.05, 3.63) is 48.0 Å². The Morgan fingerprint density at radius 3 is 2.65 bits per heavy atom. The number of nitrogens with one attached hydrogen (secondary N) is 1. The second-order valence-corrected chi connectivity index (χ2v) is 6.43. The maximum absolute atomic E-state index is 12.7. The quantitative estimate of drug-likeness (QED) is 0.464. The van der Waals surface area contributed by atoms with Crippen LogP contribution in [0.5, 0.6) is 11.5 Å². The first-order valence-corrected chi connectivity index (χ1v) is 9.09. The van der Waals surface area contributed by atoms with Gasteiger partial charge < -0.3 is 14.8 Å². The van der Waals surface area contributed by atoms with Gasteiger partial charge in [-0.1, -0.05) is 37.2 Å². The third-order valence-corrected chi connectivity index (χ3v) is 4.32. The van der Waals surface area contributed by atoms with Gasteiger partial charge in [-0.25, -0.2) is 0 Å². The van der Waals surface area contributed by atoms with Crippen molar-refractivity contribution in [2.75, 3.05) is 19.0 Å². The second kappa shape index (κ2) is 10.0. The lowest BCUT2D eigenvalue weighted by Crippen LogP contribution is -2.13. The Labute approximate surface area is 155 Å². The predicted molar refractivity (Wildman–Crippen MR) is 99.7 cm³/mol. The second-order valence-electron chi connectivity index (χ2n) is 5.40. The molecule has 0 bridgehead atoms. The average Bonchev–Trinajstić information content (AvgIpc) is 2.63. The summed E-state index contributed by atoms with van der Waals surface area (Å²) in [7, 11) is 1.50. The SMILES string of the molecule is CCCCOc1ccc(C(=O)Nc2ccccc2SC(F)F)cc1OC. The Balaban J connectivity index is 2.15. The van der Waals surface area contributed by atoms with Crippen LogP contribution in [0.3, 0.4) is 0 Å². The van der Waals surface area contributed by atoms with E-state index < -0.39 is 11.7 Å². The highest BCUT2D eigenvalue weighted by Crippen LogP contribution is 2.33. The molecule has 0 aliphatic rings. The number of carbonyl (C=O) groups excluding carboxylic acids is 1. The van der Waals surface area contributed by atoms with E-state index >= 15 is 0 Å². The van der Waals surface area contributed by atoms with Crippen molar-refractivity contribution in [3.8, 4) is 11.5 Å². The fraction of sp³-hybridized carbons (Fsp3) is 0.316. The number of alkyl halides is 2. The van der Waals surface area contributed by atoms with Gasteiger partial charge in [0.15, 0.2) is 11.5 Å². The van der Waals surface area contributed by atoms with Crippen molar-refractivity contribution in [1.82, 2.24) is 0 Å². The lowest BCUT2D eigenvalue weighted by atomic mass is 10.2. The largest absolute Gasteiger partial charge is 0.493 e. The molecular weight excluding hydrogens is 360 g/mol. The van der Waals surface area contributed by atoms with E-state index in [0.717, 1.165) is 12.8 Å². The minimum absolute atomic E-state index is 0.308. The molecular formula is C19H21F2NO3S. The number of methoxy groups -OCH3 is 1. The van der Waals surface area contributed by atoms with Crippen LogP contribution in [0.4, 0.5) is 14.5 Å². The molecule has 26 heavy (non-hydrogen) atoms. The van der Waals surface area contributed by atoms with Gasteiger partial charge in [0.2, 0.25) is 0 Å². The number of amides is 1. The van der Waals surface area contributed by atoms with Crippen LogP contribution in [0.15, 0.2) is 47.4 Å². The normalized spacial score (nSPS) is 10.7. The number of carbonyl (C=O) groups is 1. The summed E-state index contributed by atoms with van der Waals surface area (Å²) in [5.41, 5.74) is 0.687. The number of anilines is 1. The van der Waals surface area contributed by atoms with E-state index in [1.165, 1.54) is 13.2 Å². The van der Waals surface area contributed by atoms with E-state index in [4.69, 9.17) is 9.47 Å². The van der Waals surface area contributed by atoms with Crippen molar-refractivity contribution in [3.63, 3.8) is 0 Å². The van der Waals surface area contributed by atoms with E-state index in [0.29, 0.717) is 46.0 Å². The van der Waals surface area contributed by atoms with Gasteiger partial charge in [-0.3, -0.25) is 4.79 Å². The van der Waals surface area contributed by atoms with Crippen molar-refractivity contribution < 1.29 is 23.0 Å². The van der Waals surface area contributed by atoms with E-state index in [2.05, 4.69) is 12.2 Å². The summed E-state index contributed by atoms with van der Waals surface area (Å²) in [6.07, 6.45) is 1.93. The lowest BCUT2D eigenvalue weighted by molar-refractivity contribution is 0.102. The highest BCUT2D eigenvalue weighted by molar-refractivity contribution is 7.99. The Morgan fingerprint density at radius 2 is 1.96 bits per heavy atom. The van der Waals surface area contributed by atoms with Crippen molar-refractivity contribution in [2.24, 2.45) is 0 Å². The van der Waals surface area contributed by atoms with Crippen LogP contribution >= 0.6 is 11.8 Å². The molecule has 2 aromatic rings. The lowest BCUT2D eigenvalue weighted by Gasteiger charge is -2.13. The first kappa shape index (κ1) is 20.0. The monoisotopic (exact) mass is 381 g/mol. The van der Waals surface area contributed by atoms with Crippen LogP contribution in [0.2, 0.25) is 0 Å².